The first-order chi connectivity index (χ1) is 14.8. The number of nitrogens with zero attached hydrogens (tertiary/aromatic N) is 5. The molecule has 0 atom stereocenters. The van der Waals surface area contributed by atoms with Crippen molar-refractivity contribution in [3.63, 3.8) is 0 Å². The van der Waals surface area contributed by atoms with Crippen LogP contribution in [0.1, 0.15) is 21.6 Å². The quantitative estimate of drug-likeness (QED) is 0.532. The van der Waals surface area contributed by atoms with Gasteiger partial charge in [-0.05, 0) is 25.1 Å². The van der Waals surface area contributed by atoms with E-state index in [1.165, 1.54) is 54.4 Å². The van der Waals surface area contributed by atoms with Crippen molar-refractivity contribution < 1.29 is 22.7 Å². The Morgan fingerprint density at radius 3 is 2.65 bits per heavy atom. The number of ether oxygens (including phenoxy) is 1. The molecule has 4 rings (SSSR count). The van der Waals surface area contributed by atoms with E-state index in [0.717, 1.165) is 6.07 Å². The van der Waals surface area contributed by atoms with Crippen LogP contribution in [0, 0.1) is 6.92 Å². The van der Waals surface area contributed by atoms with E-state index >= 15 is 0 Å². The second kappa shape index (κ2) is 7.67. The van der Waals surface area contributed by atoms with E-state index in [2.05, 4.69) is 25.4 Å². The molecule has 0 unspecified atom stereocenters. The second-order valence-electron chi connectivity index (χ2n) is 6.47. The van der Waals surface area contributed by atoms with Crippen molar-refractivity contribution in [3.8, 4) is 17.3 Å². The topological polar surface area (TPSA) is 94.3 Å². The first kappa shape index (κ1) is 20.3. The SMILES string of the molecule is COc1nccc(NC(=O)c2c(C)nn3ccc(-c4ccccc4C(F)(F)F)nc23)n1. The molecule has 0 saturated carbocycles. The number of alkyl halides is 3. The number of hydrogen-bond acceptors (Lipinski definition) is 6. The summed E-state index contributed by atoms with van der Waals surface area (Å²) in [6.45, 7) is 1.60. The van der Waals surface area contributed by atoms with Crippen molar-refractivity contribution in [3.05, 3.63) is 65.6 Å². The van der Waals surface area contributed by atoms with Gasteiger partial charge in [0.1, 0.15) is 11.4 Å². The molecular weight excluding hydrogens is 413 g/mol. The molecule has 158 valence electrons. The van der Waals surface area contributed by atoms with Gasteiger partial charge in [0.25, 0.3) is 5.91 Å². The number of hydrogen-bond donors (Lipinski definition) is 1. The first-order valence-corrected chi connectivity index (χ1v) is 8.99. The largest absolute Gasteiger partial charge is 0.467 e. The third-order valence-corrected chi connectivity index (χ3v) is 4.45. The predicted molar refractivity (Wildman–Crippen MR) is 105 cm³/mol. The summed E-state index contributed by atoms with van der Waals surface area (Å²) in [5.74, 6) is -0.379. The van der Waals surface area contributed by atoms with Crippen LogP contribution < -0.4 is 10.1 Å². The zero-order chi connectivity index (χ0) is 22.2. The molecule has 0 saturated heterocycles. The molecule has 31 heavy (non-hydrogen) atoms. The molecule has 1 amide bonds. The highest BCUT2D eigenvalue weighted by molar-refractivity contribution is 6.08. The summed E-state index contributed by atoms with van der Waals surface area (Å²) in [6.07, 6.45) is -1.68. The van der Waals surface area contributed by atoms with E-state index in [1.54, 1.807) is 6.92 Å². The molecule has 11 heteroatoms. The molecule has 1 N–H and O–H groups in total. The maximum absolute atomic E-state index is 13.4. The predicted octanol–water partition coefficient (Wildman–Crippen LogP) is 3.77. The fourth-order valence-corrected chi connectivity index (χ4v) is 3.10. The van der Waals surface area contributed by atoms with Gasteiger partial charge in [0.05, 0.1) is 24.1 Å². The molecule has 0 radical (unpaired) electrons. The third-order valence-electron chi connectivity index (χ3n) is 4.45. The summed E-state index contributed by atoms with van der Waals surface area (Å²) in [7, 11) is 1.39. The smallest absolute Gasteiger partial charge is 0.417 e. The Morgan fingerprint density at radius 1 is 1.13 bits per heavy atom. The highest BCUT2D eigenvalue weighted by Gasteiger charge is 2.33. The molecule has 0 aliphatic carbocycles. The van der Waals surface area contributed by atoms with Crippen LogP contribution in [0.3, 0.4) is 0 Å². The molecular formula is C20H15F3N6O2. The number of carbonyl (C=O) groups excluding carboxylic acids is 1. The number of aryl methyl sites for hydroxylation is 1. The van der Waals surface area contributed by atoms with E-state index in [1.807, 2.05) is 0 Å². The minimum atomic E-state index is -4.55. The summed E-state index contributed by atoms with van der Waals surface area (Å²) in [6, 6.07) is 8.08. The molecule has 0 bridgehead atoms. The van der Waals surface area contributed by atoms with Crippen LogP contribution >= 0.6 is 0 Å². The standard InChI is InChI=1S/C20H15F3N6O2/c1-11-16(18(30)26-15-7-9-24-19(27-15)31-2)17-25-14(8-10-29(17)28-11)12-5-3-4-6-13(12)20(21,22)23/h3-10H,1-2H3,(H,24,26,27,30). The number of rotatable bonds is 4. The number of amides is 1. The van der Waals surface area contributed by atoms with E-state index in [-0.39, 0.29) is 34.3 Å². The number of benzene rings is 1. The molecule has 0 aliphatic rings. The minimum absolute atomic E-state index is 0.0677. The van der Waals surface area contributed by atoms with Crippen molar-refractivity contribution in [1.29, 1.82) is 0 Å². The lowest BCUT2D eigenvalue weighted by Gasteiger charge is -2.12. The van der Waals surface area contributed by atoms with Gasteiger partial charge >= 0.3 is 12.2 Å². The van der Waals surface area contributed by atoms with Crippen molar-refractivity contribution in [2.24, 2.45) is 0 Å². The summed E-state index contributed by atoms with van der Waals surface area (Å²) in [5, 5.41) is 6.83. The Hall–Kier alpha value is -4.02. The third kappa shape index (κ3) is 3.89. The Kier molecular flexibility index (Phi) is 5.01. The van der Waals surface area contributed by atoms with Crippen LogP contribution in [-0.4, -0.2) is 37.6 Å². The summed E-state index contributed by atoms with van der Waals surface area (Å²) in [4.78, 5) is 25.1. The van der Waals surface area contributed by atoms with Gasteiger partial charge < -0.3 is 10.1 Å². The highest BCUT2D eigenvalue weighted by Crippen LogP contribution is 2.36. The van der Waals surface area contributed by atoms with Gasteiger partial charge in [-0.3, -0.25) is 4.79 Å². The Balaban J connectivity index is 1.78. The van der Waals surface area contributed by atoms with Crippen molar-refractivity contribution in [2.75, 3.05) is 12.4 Å². The van der Waals surface area contributed by atoms with Crippen molar-refractivity contribution in [2.45, 2.75) is 13.1 Å². The van der Waals surface area contributed by atoms with Crippen LogP contribution in [0.25, 0.3) is 16.9 Å². The number of nitrogens with one attached hydrogen (secondary N) is 1. The van der Waals surface area contributed by atoms with Gasteiger partial charge in [0.15, 0.2) is 5.65 Å². The summed E-state index contributed by atoms with van der Waals surface area (Å²) >= 11 is 0. The number of fused-ring (bicyclic) bond motifs is 1. The van der Waals surface area contributed by atoms with Crippen molar-refractivity contribution >= 4 is 17.4 Å². The van der Waals surface area contributed by atoms with Gasteiger partial charge in [-0.2, -0.15) is 23.3 Å². The molecule has 8 nitrogen and oxygen atoms in total. The van der Waals surface area contributed by atoms with E-state index in [4.69, 9.17) is 4.74 Å². The number of halogens is 3. The van der Waals surface area contributed by atoms with Gasteiger partial charge in [0.2, 0.25) is 0 Å². The lowest BCUT2D eigenvalue weighted by molar-refractivity contribution is -0.137. The zero-order valence-electron chi connectivity index (χ0n) is 16.3. The fourth-order valence-electron chi connectivity index (χ4n) is 3.10. The van der Waals surface area contributed by atoms with Crippen LogP contribution in [0.2, 0.25) is 0 Å². The second-order valence-corrected chi connectivity index (χ2v) is 6.47. The highest BCUT2D eigenvalue weighted by atomic mass is 19.4. The monoisotopic (exact) mass is 428 g/mol. The van der Waals surface area contributed by atoms with E-state index in [0.29, 0.717) is 5.69 Å². The lowest BCUT2D eigenvalue weighted by atomic mass is 10.0. The normalized spacial score (nSPS) is 11.5. The van der Waals surface area contributed by atoms with Gasteiger partial charge in [-0.15, -0.1) is 0 Å². The molecule has 0 fully saturated rings. The van der Waals surface area contributed by atoms with E-state index < -0.39 is 17.6 Å². The number of anilines is 1. The molecule has 1 aromatic carbocycles. The van der Waals surface area contributed by atoms with Crippen LogP contribution in [-0.2, 0) is 6.18 Å². The fraction of sp³-hybridized carbons (Fsp3) is 0.150. The molecule has 0 aliphatic heterocycles. The number of carbonyl (C=O) groups is 1. The Bertz CT molecular complexity index is 1290. The van der Waals surface area contributed by atoms with Crippen LogP contribution in [0.4, 0.5) is 19.0 Å². The Morgan fingerprint density at radius 2 is 1.90 bits per heavy atom. The molecule has 3 aromatic heterocycles. The number of aromatic nitrogens is 5. The van der Waals surface area contributed by atoms with Crippen molar-refractivity contribution in [1.82, 2.24) is 24.6 Å². The average molecular weight is 428 g/mol. The zero-order valence-corrected chi connectivity index (χ0v) is 16.3. The van der Waals surface area contributed by atoms with Gasteiger partial charge in [-0.25, -0.2) is 14.5 Å². The minimum Gasteiger partial charge on any atom is -0.467 e. The first-order valence-electron chi connectivity index (χ1n) is 8.99. The molecule has 3 heterocycles. The summed E-state index contributed by atoms with van der Waals surface area (Å²) < 4.78 is 46.6. The van der Waals surface area contributed by atoms with Crippen LogP contribution in [0.5, 0.6) is 6.01 Å². The van der Waals surface area contributed by atoms with Crippen LogP contribution in [0.15, 0.2) is 48.8 Å². The van der Waals surface area contributed by atoms with Gasteiger partial charge in [-0.1, -0.05) is 18.2 Å². The molecule has 0 spiro atoms. The molecule has 4 aromatic rings. The number of methoxy groups -OCH3 is 1. The maximum atomic E-state index is 13.4. The lowest BCUT2D eigenvalue weighted by Crippen LogP contribution is -2.15. The van der Waals surface area contributed by atoms with Gasteiger partial charge in [0, 0.05) is 18.0 Å². The van der Waals surface area contributed by atoms with E-state index in [9.17, 15) is 18.0 Å². The average Bonchev–Trinajstić information content (AvgIpc) is 3.08. The summed E-state index contributed by atoms with van der Waals surface area (Å²) in [5.41, 5.74) is -0.259. The maximum Gasteiger partial charge on any atom is 0.417 e. The Labute approximate surface area is 173 Å².